The Labute approximate surface area is 120 Å². The van der Waals surface area contributed by atoms with Crippen LogP contribution in [0.4, 0.5) is 4.39 Å². The molecule has 1 aromatic carbocycles. The van der Waals surface area contributed by atoms with Crippen LogP contribution in [0.15, 0.2) is 22.7 Å². The minimum Gasteiger partial charge on any atom is -0.378 e. The van der Waals surface area contributed by atoms with Gasteiger partial charge in [0, 0.05) is 24.6 Å². The highest BCUT2D eigenvalue weighted by Gasteiger charge is 2.18. The van der Waals surface area contributed by atoms with Gasteiger partial charge in [-0.1, -0.05) is 16.8 Å². The number of nitrogens with one attached hydrogen (secondary N) is 1. The maximum atomic E-state index is 13.0. The molecule has 5 nitrogen and oxygen atoms in total. The van der Waals surface area contributed by atoms with Gasteiger partial charge in [0.05, 0.1) is 18.2 Å². The predicted molar refractivity (Wildman–Crippen MR) is 71.0 cm³/mol. The van der Waals surface area contributed by atoms with Gasteiger partial charge in [-0.15, -0.1) is 0 Å². The molecule has 0 saturated carbocycles. The molecule has 1 atom stereocenters. The Morgan fingerprint density at radius 1 is 1.45 bits per heavy atom. The van der Waals surface area contributed by atoms with Crippen LogP contribution in [0.25, 0.3) is 11.4 Å². The van der Waals surface area contributed by atoms with E-state index in [-0.39, 0.29) is 11.1 Å². The first-order valence-electron chi connectivity index (χ1n) is 6.31. The number of rotatable bonds is 3. The number of aromatic nitrogens is 2. The van der Waals surface area contributed by atoms with E-state index < -0.39 is 5.82 Å². The summed E-state index contributed by atoms with van der Waals surface area (Å²) in [5, 5.41) is 7.45. The number of nitrogens with zero attached hydrogens (tertiary/aromatic N) is 2. The number of ether oxygens (including phenoxy) is 1. The zero-order valence-corrected chi connectivity index (χ0v) is 11.4. The Kier molecular flexibility index (Phi) is 3.95. The van der Waals surface area contributed by atoms with Crippen LogP contribution >= 0.6 is 11.6 Å². The van der Waals surface area contributed by atoms with Crippen LogP contribution in [0, 0.1) is 5.82 Å². The fraction of sp³-hybridized carbons (Fsp3) is 0.385. The topological polar surface area (TPSA) is 60.2 Å². The normalized spacial score (nSPS) is 19.2. The highest BCUT2D eigenvalue weighted by atomic mass is 35.5. The van der Waals surface area contributed by atoms with Gasteiger partial charge in [-0.05, 0) is 18.2 Å². The zero-order chi connectivity index (χ0) is 13.9. The van der Waals surface area contributed by atoms with E-state index in [9.17, 15) is 4.39 Å². The van der Waals surface area contributed by atoms with Crippen LogP contribution in [0.1, 0.15) is 5.89 Å². The van der Waals surface area contributed by atoms with E-state index in [1.54, 1.807) is 0 Å². The average molecular weight is 298 g/mol. The van der Waals surface area contributed by atoms with Crippen molar-refractivity contribution in [3.63, 3.8) is 0 Å². The van der Waals surface area contributed by atoms with E-state index in [1.165, 1.54) is 18.2 Å². The molecule has 1 unspecified atom stereocenters. The highest BCUT2D eigenvalue weighted by Crippen LogP contribution is 2.26. The number of benzene rings is 1. The van der Waals surface area contributed by atoms with E-state index >= 15 is 0 Å². The molecule has 1 fully saturated rings. The standard InChI is InChI=1S/C13H13ClFN3O2/c14-11-5-8(15)1-2-10(11)13-17-12(20-18-13)6-9-7-19-4-3-16-9/h1-2,5,9,16H,3-4,6-7H2. The smallest absolute Gasteiger partial charge is 0.228 e. The van der Waals surface area contributed by atoms with E-state index in [0.29, 0.717) is 30.3 Å². The molecule has 2 heterocycles. The van der Waals surface area contributed by atoms with Crippen molar-refractivity contribution >= 4 is 11.6 Å². The lowest BCUT2D eigenvalue weighted by Gasteiger charge is -2.22. The summed E-state index contributed by atoms with van der Waals surface area (Å²) in [7, 11) is 0. The Morgan fingerprint density at radius 2 is 2.35 bits per heavy atom. The molecule has 7 heteroatoms. The molecule has 2 aromatic rings. The molecule has 0 spiro atoms. The van der Waals surface area contributed by atoms with E-state index in [4.69, 9.17) is 20.9 Å². The second-order valence-corrected chi connectivity index (χ2v) is 4.97. The van der Waals surface area contributed by atoms with Gasteiger partial charge in [-0.2, -0.15) is 4.98 Å². The van der Waals surface area contributed by atoms with Crippen molar-refractivity contribution in [3.8, 4) is 11.4 Å². The van der Waals surface area contributed by atoms with Crippen molar-refractivity contribution in [2.24, 2.45) is 0 Å². The maximum Gasteiger partial charge on any atom is 0.228 e. The van der Waals surface area contributed by atoms with Gasteiger partial charge >= 0.3 is 0 Å². The first-order chi connectivity index (χ1) is 9.72. The van der Waals surface area contributed by atoms with Gasteiger partial charge in [0.2, 0.25) is 11.7 Å². The lowest BCUT2D eigenvalue weighted by Crippen LogP contribution is -2.42. The molecule has 0 bridgehead atoms. The van der Waals surface area contributed by atoms with Crippen molar-refractivity contribution in [2.45, 2.75) is 12.5 Å². The van der Waals surface area contributed by atoms with E-state index in [1.807, 2.05) is 0 Å². The summed E-state index contributed by atoms with van der Waals surface area (Å²) in [6.45, 7) is 2.15. The first-order valence-corrected chi connectivity index (χ1v) is 6.69. The monoisotopic (exact) mass is 297 g/mol. The van der Waals surface area contributed by atoms with Crippen LogP contribution in [0.5, 0.6) is 0 Å². The minimum atomic E-state index is -0.397. The van der Waals surface area contributed by atoms with Gasteiger partial charge in [-0.25, -0.2) is 4.39 Å². The quantitative estimate of drug-likeness (QED) is 0.939. The molecule has 0 aliphatic carbocycles. The van der Waals surface area contributed by atoms with Crippen molar-refractivity contribution < 1.29 is 13.7 Å². The van der Waals surface area contributed by atoms with Crippen molar-refractivity contribution in [1.82, 2.24) is 15.5 Å². The minimum absolute atomic E-state index is 0.167. The lowest BCUT2D eigenvalue weighted by molar-refractivity contribution is 0.0744. The van der Waals surface area contributed by atoms with Gasteiger partial charge in [0.25, 0.3) is 0 Å². The summed E-state index contributed by atoms with van der Waals surface area (Å²) in [4.78, 5) is 4.28. The molecule has 1 aliphatic heterocycles. The summed E-state index contributed by atoms with van der Waals surface area (Å²) in [5.41, 5.74) is 0.552. The third kappa shape index (κ3) is 2.98. The fourth-order valence-corrected chi connectivity index (χ4v) is 2.33. The summed E-state index contributed by atoms with van der Waals surface area (Å²) in [6.07, 6.45) is 0.589. The lowest BCUT2D eigenvalue weighted by atomic mass is 10.2. The summed E-state index contributed by atoms with van der Waals surface area (Å²) < 4.78 is 23.6. The molecule has 1 saturated heterocycles. The average Bonchev–Trinajstić information content (AvgIpc) is 2.88. The largest absolute Gasteiger partial charge is 0.378 e. The number of hydrogen-bond acceptors (Lipinski definition) is 5. The molecular formula is C13H13ClFN3O2. The van der Waals surface area contributed by atoms with Gasteiger partial charge in [0.1, 0.15) is 5.82 Å². The Bertz CT molecular complexity index is 599. The Morgan fingerprint density at radius 3 is 3.10 bits per heavy atom. The molecule has 20 heavy (non-hydrogen) atoms. The third-order valence-corrected chi connectivity index (χ3v) is 3.37. The highest BCUT2D eigenvalue weighted by molar-refractivity contribution is 6.33. The molecule has 1 N–H and O–H groups in total. The predicted octanol–water partition coefficient (Wildman–Crippen LogP) is 2.06. The number of halogens is 2. The Balaban J connectivity index is 1.75. The van der Waals surface area contributed by atoms with Gasteiger partial charge in [0.15, 0.2) is 0 Å². The van der Waals surface area contributed by atoms with Crippen LogP contribution in [0.3, 0.4) is 0 Å². The van der Waals surface area contributed by atoms with Crippen LogP contribution in [-0.2, 0) is 11.2 Å². The third-order valence-electron chi connectivity index (χ3n) is 3.06. The summed E-state index contributed by atoms with van der Waals surface area (Å²) in [6, 6.07) is 4.24. The zero-order valence-electron chi connectivity index (χ0n) is 10.6. The SMILES string of the molecule is Fc1ccc(-c2noc(CC3COCCN3)n2)c(Cl)c1. The second kappa shape index (κ2) is 5.87. The molecule has 3 rings (SSSR count). The van der Waals surface area contributed by atoms with Gasteiger partial charge in [-0.3, -0.25) is 0 Å². The molecule has 0 radical (unpaired) electrons. The molecule has 106 valence electrons. The van der Waals surface area contributed by atoms with Crippen molar-refractivity contribution in [3.05, 3.63) is 34.9 Å². The van der Waals surface area contributed by atoms with Crippen molar-refractivity contribution in [1.29, 1.82) is 0 Å². The second-order valence-electron chi connectivity index (χ2n) is 4.57. The fourth-order valence-electron chi connectivity index (χ4n) is 2.08. The van der Waals surface area contributed by atoms with Crippen molar-refractivity contribution in [2.75, 3.05) is 19.8 Å². The van der Waals surface area contributed by atoms with Crippen LogP contribution in [0.2, 0.25) is 5.02 Å². The maximum absolute atomic E-state index is 13.0. The molecule has 1 aromatic heterocycles. The van der Waals surface area contributed by atoms with Crippen LogP contribution in [-0.4, -0.2) is 35.9 Å². The Hall–Kier alpha value is -1.50. The van der Waals surface area contributed by atoms with Crippen LogP contribution < -0.4 is 5.32 Å². The van der Waals surface area contributed by atoms with E-state index in [0.717, 1.165) is 13.2 Å². The number of morpholine rings is 1. The molecule has 1 aliphatic rings. The summed E-state index contributed by atoms with van der Waals surface area (Å²) >= 11 is 5.97. The summed E-state index contributed by atoms with van der Waals surface area (Å²) in [5.74, 6) is 0.469. The van der Waals surface area contributed by atoms with E-state index in [2.05, 4.69) is 15.5 Å². The van der Waals surface area contributed by atoms with Gasteiger partial charge < -0.3 is 14.6 Å². The number of hydrogen-bond donors (Lipinski definition) is 1. The molecule has 0 amide bonds. The first kappa shape index (κ1) is 13.5. The molecular weight excluding hydrogens is 285 g/mol.